The van der Waals surface area contributed by atoms with Crippen LogP contribution in [0.5, 0.6) is 0 Å². The number of alkyl halides is 3. The summed E-state index contributed by atoms with van der Waals surface area (Å²) in [5, 5.41) is 9.45. The van der Waals surface area contributed by atoms with E-state index >= 15 is 0 Å². The van der Waals surface area contributed by atoms with Gasteiger partial charge in [-0.1, -0.05) is 0 Å². The largest absolute Gasteiger partial charge is 0.481 e. The summed E-state index contributed by atoms with van der Waals surface area (Å²) in [4.78, 5) is 13.9. The smallest absolute Gasteiger partial charge is 0.416 e. The Morgan fingerprint density at radius 3 is 2.81 bits per heavy atom. The summed E-state index contributed by atoms with van der Waals surface area (Å²) in [7, 11) is 0. The van der Waals surface area contributed by atoms with Gasteiger partial charge in [-0.25, -0.2) is 0 Å². The Morgan fingerprint density at radius 1 is 1.38 bits per heavy atom. The number of carbonyl (C=O) groups is 1. The van der Waals surface area contributed by atoms with Gasteiger partial charge in [0.2, 0.25) is 0 Å². The lowest BCUT2D eigenvalue weighted by molar-refractivity contribution is -0.138. The molecule has 2 aromatic rings. The molecule has 1 aliphatic rings. The van der Waals surface area contributed by atoms with Gasteiger partial charge in [-0.05, 0) is 48.9 Å². The number of carboxylic acid groups (broad SMARTS) is 1. The van der Waals surface area contributed by atoms with Crippen LogP contribution < -0.4 is 0 Å². The topological polar surface area (TPSA) is 53.1 Å². The zero-order valence-electron chi connectivity index (χ0n) is 11.1. The molecule has 21 heavy (non-hydrogen) atoms. The van der Waals surface area contributed by atoms with E-state index in [4.69, 9.17) is 5.11 Å². The van der Waals surface area contributed by atoms with Crippen molar-refractivity contribution in [3.05, 3.63) is 35.0 Å². The Morgan fingerprint density at radius 2 is 2.14 bits per heavy atom. The number of benzene rings is 1. The van der Waals surface area contributed by atoms with Crippen LogP contribution in [0, 0.1) is 5.92 Å². The molecule has 3 rings (SSSR count). The Kier molecular flexibility index (Phi) is 3.19. The quantitative estimate of drug-likeness (QED) is 0.886. The summed E-state index contributed by atoms with van der Waals surface area (Å²) in [5.41, 5.74) is 1.81. The highest BCUT2D eigenvalue weighted by molar-refractivity contribution is 5.85. The highest BCUT2D eigenvalue weighted by Gasteiger charge is 2.31. The molecule has 2 N–H and O–H groups in total. The van der Waals surface area contributed by atoms with Crippen LogP contribution in [0.3, 0.4) is 0 Å². The lowest BCUT2D eigenvalue weighted by Crippen LogP contribution is -2.17. The average Bonchev–Trinajstić information content (AvgIpc) is 2.73. The normalized spacial score (nSPS) is 18.7. The molecule has 0 bridgehead atoms. The minimum Gasteiger partial charge on any atom is -0.481 e. The number of rotatable bonds is 2. The van der Waals surface area contributed by atoms with Gasteiger partial charge in [-0.3, -0.25) is 4.79 Å². The molecule has 1 unspecified atom stereocenters. The fraction of sp³-hybridized carbons (Fsp3) is 0.400. The molecule has 1 heterocycles. The summed E-state index contributed by atoms with van der Waals surface area (Å²) in [6.07, 6.45) is -2.35. The lowest BCUT2D eigenvalue weighted by atomic mass is 9.85. The second kappa shape index (κ2) is 4.79. The number of halogens is 3. The Bertz CT molecular complexity index is 703. The Labute approximate surface area is 118 Å². The van der Waals surface area contributed by atoms with Crippen molar-refractivity contribution < 1.29 is 23.1 Å². The maximum Gasteiger partial charge on any atom is 0.416 e. The molecular weight excluding hydrogens is 283 g/mol. The molecule has 1 aromatic heterocycles. The first-order valence-electron chi connectivity index (χ1n) is 6.77. The van der Waals surface area contributed by atoms with Gasteiger partial charge < -0.3 is 10.1 Å². The summed E-state index contributed by atoms with van der Waals surface area (Å²) in [6.45, 7) is 0. The molecule has 0 aliphatic heterocycles. The van der Waals surface area contributed by atoms with Crippen LogP contribution in [0.4, 0.5) is 13.2 Å². The molecule has 0 amide bonds. The van der Waals surface area contributed by atoms with Gasteiger partial charge in [-0.15, -0.1) is 0 Å². The first-order valence-corrected chi connectivity index (χ1v) is 6.77. The van der Waals surface area contributed by atoms with E-state index in [1.165, 1.54) is 12.1 Å². The van der Waals surface area contributed by atoms with Crippen molar-refractivity contribution in [1.29, 1.82) is 0 Å². The van der Waals surface area contributed by atoms with Gasteiger partial charge >= 0.3 is 12.1 Å². The third kappa shape index (κ3) is 2.62. The minimum absolute atomic E-state index is 0.0464. The van der Waals surface area contributed by atoms with Crippen LogP contribution in [0.25, 0.3) is 10.9 Å². The van der Waals surface area contributed by atoms with Crippen molar-refractivity contribution in [1.82, 2.24) is 4.98 Å². The summed E-state index contributed by atoms with van der Waals surface area (Å²) < 4.78 is 38.4. The number of hydrogen-bond donors (Lipinski definition) is 2. The molecule has 0 saturated heterocycles. The fourth-order valence-corrected chi connectivity index (χ4v) is 3.10. The minimum atomic E-state index is -4.35. The van der Waals surface area contributed by atoms with Crippen molar-refractivity contribution in [3.63, 3.8) is 0 Å². The number of hydrogen-bond acceptors (Lipinski definition) is 1. The zero-order valence-corrected chi connectivity index (χ0v) is 11.1. The summed E-state index contributed by atoms with van der Waals surface area (Å²) in [5.74, 6) is -0.788. The first kappa shape index (κ1) is 14.0. The van der Waals surface area contributed by atoms with Gasteiger partial charge in [0, 0.05) is 23.0 Å². The van der Waals surface area contributed by atoms with Crippen molar-refractivity contribution in [2.75, 3.05) is 0 Å². The van der Waals surface area contributed by atoms with Crippen molar-refractivity contribution >= 4 is 16.9 Å². The van der Waals surface area contributed by atoms with E-state index in [1.54, 1.807) is 0 Å². The van der Waals surface area contributed by atoms with Crippen LogP contribution >= 0.6 is 0 Å². The number of aromatic nitrogens is 1. The van der Waals surface area contributed by atoms with Crippen LogP contribution in [0.2, 0.25) is 0 Å². The molecule has 1 atom stereocenters. The van der Waals surface area contributed by atoms with E-state index < -0.39 is 17.7 Å². The molecule has 1 aliphatic carbocycles. The molecule has 1 aromatic carbocycles. The Hall–Kier alpha value is -1.98. The van der Waals surface area contributed by atoms with Crippen molar-refractivity contribution in [3.8, 4) is 0 Å². The van der Waals surface area contributed by atoms with Gasteiger partial charge in [0.15, 0.2) is 0 Å². The van der Waals surface area contributed by atoms with E-state index in [1.807, 2.05) is 0 Å². The molecule has 3 nitrogen and oxygen atoms in total. The van der Waals surface area contributed by atoms with E-state index in [2.05, 4.69) is 4.98 Å². The highest BCUT2D eigenvalue weighted by Crippen LogP contribution is 2.36. The first-order chi connectivity index (χ1) is 9.84. The number of nitrogens with one attached hydrogen (secondary N) is 1. The number of H-pyrrole nitrogens is 1. The SMILES string of the molecule is O=C(O)CC1CCc2c([nH]c3ccc(C(F)(F)F)cc23)C1. The average molecular weight is 297 g/mol. The molecule has 112 valence electrons. The standard InChI is InChI=1S/C15H14F3NO2/c16-15(17,18)9-2-4-12-11(7-9)10-3-1-8(6-14(20)21)5-13(10)19-12/h2,4,7-8,19H,1,3,5-6H2,(H,20,21). The third-order valence-corrected chi connectivity index (χ3v) is 4.08. The van der Waals surface area contributed by atoms with E-state index in [-0.39, 0.29) is 12.3 Å². The fourth-order valence-electron chi connectivity index (χ4n) is 3.10. The van der Waals surface area contributed by atoms with Gasteiger partial charge in [-0.2, -0.15) is 13.2 Å². The molecule has 0 fully saturated rings. The molecule has 0 saturated carbocycles. The van der Waals surface area contributed by atoms with Gasteiger partial charge in [0.25, 0.3) is 0 Å². The summed E-state index contributed by atoms with van der Waals surface area (Å²) >= 11 is 0. The van der Waals surface area contributed by atoms with Gasteiger partial charge in [0.05, 0.1) is 5.56 Å². The molecule has 0 radical (unpaired) electrons. The zero-order chi connectivity index (χ0) is 15.2. The summed E-state index contributed by atoms with van der Waals surface area (Å²) in [6, 6.07) is 3.70. The van der Waals surface area contributed by atoms with Crippen molar-refractivity contribution in [2.45, 2.75) is 31.9 Å². The van der Waals surface area contributed by atoms with Gasteiger partial charge in [0.1, 0.15) is 0 Å². The van der Waals surface area contributed by atoms with Crippen LogP contribution in [0.1, 0.15) is 29.7 Å². The third-order valence-electron chi connectivity index (χ3n) is 4.08. The van der Waals surface area contributed by atoms with E-state index in [0.717, 1.165) is 17.3 Å². The van der Waals surface area contributed by atoms with Crippen LogP contribution in [0.15, 0.2) is 18.2 Å². The lowest BCUT2D eigenvalue weighted by Gasteiger charge is -2.20. The molecular formula is C15H14F3NO2. The van der Waals surface area contributed by atoms with Crippen molar-refractivity contribution in [2.24, 2.45) is 5.92 Å². The maximum atomic E-state index is 12.8. The maximum absolute atomic E-state index is 12.8. The number of fused-ring (bicyclic) bond motifs is 3. The molecule has 6 heteroatoms. The van der Waals surface area contributed by atoms with Crippen LogP contribution in [-0.2, 0) is 23.8 Å². The molecule has 0 spiro atoms. The second-order valence-electron chi connectivity index (χ2n) is 5.55. The number of aryl methyl sites for hydroxylation is 1. The Balaban J connectivity index is 1.98. The number of carboxylic acids is 1. The monoisotopic (exact) mass is 297 g/mol. The van der Waals surface area contributed by atoms with E-state index in [9.17, 15) is 18.0 Å². The highest BCUT2D eigenvalue weighted by atomic mass is 19.4. The van der Waals surface area contributed by atoms with Crippen LogP contribution in [-0.4, -0.2) is 16.1 Å². The second-order valence-corrected chi connectivity index (χ2v) is 5.55. The number of aromatic amines is 1. The predicted octanol–water partition coefficient (Wildman–Crippen LogP) is 3.77. The van der Waals surface area contributed by atoms with E-state index in [0.29, 0.717) is 30.2 Å². The number of aliphatic carboxylic acids is 1. The predicted molar refractivity (Wildman–Crippen MR) is 71.1 cm³/mol.